The summed E-state index contributed by atoms with van der Waals surface area (Å²) in [6.45, 7) is 5.27. The molecule has 0 aromatic carbocycles. The van der Waals surface area contributed by atoms with Gasteiger partial charge in [-0.05, 0) is 25.5 Å². The maximum atomic E-state index is 12.3. The second kappa shape index (κ2) is 10.0. The van der Waals surface area contributed by atoms with Crippen molar-refractivity contribution in [2.45, 2.75) is 25.0 Å². The average molecular weight is 381 g/mol. The Morgan fingerprint density at radius 2 is 2.04 bits per heavy atom. The number of hydrogen-bond acceptors (Lipinski definition) is 5. The lowest BCUT2D eigenvalue weighted by Gasteiger charge is -2.25. The Labute approximate surface area is 148 Å². The number of aliphatic imine (C=N–C) groups is 1. The second-order valence-corrected chi connectivity index (χ2v) is 10.3. The predicted octanol–water partition coefficient (Wildman–Crippen LogP) is 0.816. The molecule has 0 saturated carbocycles. The third kappa shape index (κ3) is 6.72. The summed E-state index contributed by atoms with van der Waals surface area (Å²) in [4.78, 5) is 4.59. The van der Waals surface area contributed by atoms with Crippen LogP contribution in [0.25, 0.3) is 0 Å². The van der Waals surface area contributed by atoms with Crippen molar-refractivity contribution in [2.75, 3.05) is 55.7 Å². The van der Waals surface area contributed by atoms with Crippen LogP contribution in [0.15, 0.2) is 4.99 Å². The Morgan fingerprint density at radius 1 is 1.26 bits per heavy atom. The van der Waals surface area contributed by atoms with Crippen molar-refractivity contribution in [1.82, 2.24) is 14.9 Å². The zero-order valence-electron chi connectivity index (χ0n) is 13.8. The van der Waals surface area contributed by atoms with Crippen LogP contribution in [-0.2, 0) is 10.0 Å². The number of hydrogen-bond donors (Lipinski definition) is 2. The van der Waals surface area contributed by atoms with Gasteiger partial charge in [0.15, 0.2) is 5.96 Å². The van der Waals surface area contributed by atoms with Gasteiger partial charge in [0.2, 0.25) is 10.0 Å². The van der Waals surface area contributed by atoms with Crippen molar-refractivity contribution in [3.05, 3.63) is 0 Å². The first-order valence-corrected chi connectivity index (χ1v) is 12.1. The molecule has 2 aliphatic heterocycles. The molecule has 2 saturated heterocycles. The maximum Gasteiger partial charge on any atom is 0.215 e. The van der Waals surface area contributed by atoms with Crippen LogP contribution in [-0.4, -0.2) is 79.7 Å². The number of sulfonamides is 1. The van der Waals surface area contributed by atoms with Crippen LogP contribution in [0.5, 0.6) is 0 Å². The summed E-state index contributed by atoms with van der Waals surface area (Å²) in [6, 6.07) is 0. The van der Waals surface area contributed by atoms with Crippen molar-refractivity contribution in [3.63, 3.8) is 0 Å². The fourth-order valence-electron chi connectivity index (χ4n) is 2.58. The van der Waals surface area contributed by atoms with Crippen LogP contribution in [0.4, 0.5) is 0 Å². The van der Waals surface area contributed by atoms with Crippen molar-refractivity contribution in [3.8, 4) is 0 Å². The molecule has 9 heteroatoms. The third-order valence-electron chi connectivity index (χ3n) is 3.84. The van der Waals surface area contributed by atoms with Gasteiger partial charge in [-0.3, -0.25) is 4.99 Å². The Balaban J connectivity index is 1.77. The maximum absolute atomic E-state index is 12.3. The van der Waals surface area contributed by atoms with Gasteiger partial charge in [-0.2, -0.15) is 23.5 Å². The average Bonchev–Trinajstić information content (AvgIpc) is 3.07. The summed E-state index contributed by atoms with van der Waals surface area (Å²) in [7, 11) is -3.15. The topological polar surface area (TPSA) is 73.8 Å². The standard InChI is InChI=1S/C14H28N4O2S3/c1-2-15-14(17-12-13-4-3-8-22-13)16-5-11-23(19,20)18-6-9-21-10-7-18/h13H,2-12H2,1H3,(H2,15,16,17). The number of thioether (sulfide) groups is 2. The highest BCUT2D eigenvalue weighted by Gasteiger charge is 2.23. The van der Waals surface area contributed by atoms with Gasteiger partial charge in [0.05, 0.1) is 12.3 Å². The van der Waals surface area contributed by atoms with Gasteiger partial charge < -0.3 is 10.6 Å². The largest absolute Gasteiger partial charge is 0.357 e. The molecule has 2 rings (SSSR count). The van der Waals surface area contributed by atoms with E-state index in [-0.39, 0.29) is 5.75 Å². The summed E-state index contributed by atoms with van der Waals surface area (Å²) in [5.74, 6) is 3.88. The van der Waals surface area contributed by atoms with Gasteiger partial charge in [0.25, 0.3) is 0 Å². The summed E-state index contributed by atoms with van der Waals surface area (Å²) in [5.41, 5.74) is 0. The normalized spacial score (nSPS) is 23.9. The van der Waals surface area contributed by atoms with Crippen LogP contribution in [0.3, 0.4) is 0 Å². The molecular weight excluding hydrogens is 352 g/mol. The molecule has 2 heterocycles. The first-order valence-electron chi connectivity index (χ1n) is 8.31. The number of guanidine groups is 1. The SMILES string of the molecule is CCNC(=NCC1CCCS1)NCCS(=O)(=O)N1CCSCC1. The van der Waals surface area contributed by atoms with E-state index in [0.717, 1.165) is 30.6 Å². The predicted molar refractivity (Wildman–Crippen MR) is 102 cm³/mol. The number of nitrogens with zero attached hydrogens (tertiary/aromatic N) is 2. The first kappa shape index (κ1) is 19.2. The van der Waals surface area contributed by atoms with Crippen molar-refractivity contribution >= 4 is 39.5 Å². The Morgan fingerprint density at radius 3 is 2.70 bits per heavy atom. The molecule has 0 bridgehead atoms. The van der Waals surface area contributed by atoms with E-state index in [4.69, 9.17) is 0 Å². The molecule has 0 aliphatic carbocycles. The van der Waals surface area contributed by atoms with Crippen LogP contribution < -0.4 is 10.6 Å². The smallest absolute Gasteiger partial charge is 0.215 e. The number of nitrogens with one attached hydrogen (secondary N) is 2. The zero-order chi connectivity index (χ0) is 16.5. The van der Waals surface area contributed by atoms with Crippen LogP contribution in [0, 0.1) is 0 Å². The van der Waals surface area contributed by atoms with Gasteiger partial charge in [-0.15, -0.1) is 0 Å². The molecule has 0 radical (unpaired) electrons. The summed E-state index contributed by atoms with van der Waals surface area (Å²) >= 11 is 3.80. The lowest BCUT2D eigenvalue weighted by molar-refractivity contribution is 0.443. The van der Waals surface area contributed by atoms with E-state index in [1.54, 1.807) is 4.31 Å². The molecule has 0 spiro atoms. The second-order valence-electron chi connectivity index (χ2n) is 5.61. The Bertz CT molecular complexity index is 472. The molecule has 0 amide bonds. The molecule has 1 atom stereocenters. The molecule has 0 aromatic heterocycles. The lowest BCUT2D eigenvalue weighted by Crippen LogP contribution is -2.44. The van der Waals surface area contributed by atoms with E-state index >= 15 is 0 Å². The van der Waals surface area contributed by atoms with Crippen molar-refractivity contribution in [1.29, 1.82) is 0 Å². The van der Waals surface area contributed by atoms with Crippen molar-refractivity contribution in [2.24, 2.45) is 4.99 Å². The Hall–Kier alpha value is -0.120. The van der Waals surface area contributed by atoms with E-state index in [9.17, 15) is 8.42 Å². The highest BCUT2D eigenvalue weighted by atomic mass is 32.2. The summed E-state index contributed by atoms with van der Waals surface area (Å²) < 4.78 is 26.2. The highest BCUT2D eigenvalue weighted by Crippen LogP contribution is 2.25. The fraction of sp³-hybridized carbons (Fsp3) is 0.929. The fourth-order valence-corrected chi connectivity index (χ4v) is 6.25. The van der Waals surface area contributed by atoms with Gasteiger partial charge in [0.1, 0.15) is 0 Å². The van der Waals surface area contributed by atoms with Crippen LogP contribution in [0.1, 0.15) is 19.8 Å². The van der Waals surface area contributed by atoms with Gasteiger partial charge in [-0.1, -0.05) is 0 Å². The lowest BCUT2D eigenvalue weighted by atomic mass is 10.2. The minimum Gasteiger partial charge on any atom is -0.357 e. The molecular formula is C14H28N4O2S3. The molecule has 2 N–H and O–H groups in total. The van der Waals surface area contributed by atoms with Gasteiger partial charge in [0, 0.05) is 42.9 Å². The van der Waals surface area contributed by atoms with Gasteiger partial charge >= 0.3 is 0 Å². The zero-order valence-corrected chi connectivity index (χ0v) is 16.2. The van der Waals surface area contributed by atoms with Gasteiger partial charge in [-0.25, -0.2) is 12.7 Å². The molecule has 1 unspecified atom stereocenters. The molecule has 2 fully saturated rings. The van der Waals surface area contributed by atoms with E-state index in [1.165, 1.54) is 18.6 Å². The van der Waals surface area contributed by atoms with E-state index in [2.05, 4.69) is 15.6 Å². The Kier molecular flexibility index (Phi) is 8.35. The molecule has 2 aliphatic rings. The minimum absolute atomic E-state index is 0.125. The highest BCUT2D eigenvalue weighted by molar-refractivity contribution is 8.00. The number of rotatable bonds is 7. The first-order chi connectivity index (χ1) is 11.1. The molecule has 6 nitrogen and oxygen atoms in total. The van der Waals surface area contributed by atoms with Crippen LogP contribution >= 0.6 is 23.5 Å². The summed E-state index contributed by atoms with van der Waals surface area (Å²) in [5, 5.41) is 6.96. The van der Waals surface area contributed by atoms with Crippen molar-refractivity contribution < 1.29 is 8.42 Å². The van der Waals surface area contributed by atoms with E-state index in [1.807, 2.05) is 30.4 Å². The minimum atomic E-state index is -3.15. The molecule has 134 valence electrons. The third-order valence-corrected chi connectivity index (χ3v) is 8.03. The van der Waals surface area contributed by atoms with E-state index in [0.29, 0.717) is 24.9 Å². The molecule has 23 heavy (non-hydrogen) atoms. The monoisotopic (exact) mass is 380 g/mol. The van der Waals surface area contributed by atoms with E-state index < -0.39 is 10.0 Å². The summed E-state index contributed by atoms with van der Waals surface area (Å²) in [6.07, 6.45) is 2.51. The molecule has 0 aromatic rings. The van der Waals surface area contributed by atoms with Crippen LogP contribution in [0.2, 0.25) is 0 Å². The quantitative estimate of drug-likeness (QED) is 0.503.